The lowest BCUT2D eigenvalue weighted by molar-refractivity contribution is 0.151. The highest BCUT2D eigenvalue weighted by Crippen LogP contribution is 2.25. The molecule has 1 aliphatic rings. The molecular weight excluding hydrogens is 244 g/mol. The van der Waals surface area contributed by atoms with Crippen LogP contribution in [0.15, 0.2) is 18.2 Å². The Labute approximate surface area is 124 Å². The van der Waals surface area contributed by atoms with E-state index in [0.29, 0.717) is 0 Å². The number of likely N-dealkylation sites (tertiary alicyclic amines) is 1. The molecule has 1 aliphatic heterocycles. The van der Waals surface area contributed by atoms with Gasteiger partial charge in [-0.1, -0.05) is 32.0 Å². The lowest BCUT2D eigenvalue weighted by Gasteiger charge is -2.35. The molecule has 0 spiro atoms. The van der Waals surface area contributed by atoms with E-state index in [4.69, 9.17) is 5.73 Å². The summed E-state index contributed by atoms with van der Waals surface area (Å²) in [6.07, 6.45) is 2.66. The molecule has 1 aromatic carbocycles. The van der Waals surface area contributed by atoms with Gasteiger partial charge in [0.15, 0.2) is 0 Å². The second kappa shape index (κ2) is 6.73. The maximum atomic E-state index is 6.40. The molecule has 2 heteroatoms. The SMILES string of the molecule is Cc1ccc(C(N)CN2CCC(C(C)C)CC2)cc1C. The smallest absolute Gasteiger partial charge is 0.0424 e. The molecule has 1 aromatic rings. The topological polar surface area (TPSA) is 29.3 Å². The molecule has 0 aliphatic carbocycles. The maximum Gasteiger partial charge on any atom is 0.0424 e. The van der Waals surface area contributed by atoms with Crippen molar-refractivity contribution >= 4 is 0 Å². The van der Waals surface area contributed by atoms with Gasteiger partial charge in [0.25, 0.3) is 0 Å². The van der Waals surface area contributed by atoms with Gasteiger partial charge in [-0.3, -0.25) is 0 Å². The lowest BCUT2D eigenvalue weighted by atomic mass is 9.86. The standard InChI is InChI=1S/C18H30N2/c1-13(2)16-7-9-20(10-8-16)12-18(19)17-6-5-14(3)15(4)11-17/h5-6,11,13,16,18H,7-10,12,19H2,1-4H3. The second-order valence-corrected chi connectivity index (χ2v) is 6.83. The van der Waals surface area contributed by atoms with Gasteiger partial charge in [0, 0.05) is 12.6 Å². The van der Waals surface area contributed by atoms with Crippen molar-refractivity contribution < 1.29 is 0 Å². The average Bonchev–Trinajstić information content (AvgIpc) is 2.42. The summed E-state index contributed by atoms with van der Waals surface area (Å²) in [7, 11) is 0. The summed E-state index contributed by atoms with van der Waals surface area (Å²) in [6, 6.07) is 6.77. The number of piperidine rings is 1. The average molecular weight is 274 g/mol. The summed E-state index contributed by atoms with van der Waals surface area (Å²) in [4.78, 5) is 2.54. The lowest BCUT2D eigenvalue weighted by Crippen LogP contribution is -2.39. The Morgan fingerprint density at radius 1 is 1.15 bits per heavy atom. The Hall–Kier alpha value is -0.860. The third-order valence-electron chi connectivity index (χ3n) is 4.99. The van der Waals surface area contributed by atoms with Crippen LogP contribution >= 0.6 is 0 Å². The van der Waals surface area contributed by atoms with Crippen molar-refractivity contribution in [2.75, 3.05) is 19.6 Å². The van der Waals surface area contributed by atoms with Crippen LogP contribution in [0.4, 0.5) is 0 Å². The summed E-state index contributed by atoms with van der Waals surface area (Å²) < 4.78 is 0. The Kier molecular flexibility index (Phi) is 5.22. The summed E-state index contributed by atoms with van der Waals surface area (Å²) in [5, 5.41) is 0. The largest absolute Gasteiger partial charge is 0.323 e. The predicted octanol–water partition coefficient (Wildman–Crippen LogP) is 3.67. The van der Waals surface area contributed by atoms with Gasteiger partial charge in [0.2, 0.25) is 0 Å². The molecule has 1 unspecified atom stereocenters. The van der Waals surface area contributed by atoms with Crippen LogP contribution in [0.5, 0.6) is 0 Å². The predicted molar refractivity (Wildman–Crippen MR) is 86.8 cm³/mol. The van der Waals surface area contributed by atoms with Crippen molar-refractivity contribution in [3.8, 4) is 0 Å². The Morgan fingerprint density at radius 3 is 2.35 bits per heavy atom. The zero-order valence-corrected chi connectivity index (χ0v) is 13.5. The summed E-state index contributed by atoms with van der Waals surface area (Å²) in [5.74, 6) is 1.73. The first-order valence-corrected chi connectivity index (χ1v) is 8.02. The molecule has 112 valence electrons. The highest BCUT2D eigenvalue weighted by Gasteiger charge is 2.22. The highest BCUT2D eigenvalue weighted by molar-refractivity contribution is 5.31. The highest BCUT2D eigenvalue weighted by atomic mass is 15.1. The molecule has 0 radical (unpaired) electrons. The first-order chi connectivity index (χ1) is 9.47. The van der Waals surface area contributed by atoms with Gasteiger partial charge in [0.1, 0.15) is 0 Å². The number of rotatable bonds is 4. The second-order valence-electron chi connectivity index (χ2n) is 6.83. The molecule has 20 heavy (non-hydrogen) atoms. The van der Waals surface area contributed by atoms with Crippen molar-refractivity contribution in [3.63, 3.8) is 0 Å². The number of hydrogen-bond acceptors (Lipinski definition) is 2. The molecule has 1 atom stereocenters. The van der Waals surface area contributed by atoms with E-state index in [9.17, 15) is 0 Å². The third kappa shape index (κ3) is 3.83. The van der Waals surface area contributed by atoms with E-state index in [1.165, 1.54) is 42.6 Å². The number of benzene rings is 1. The van der Waals surface area contributed by atoms with Crippen LogP contribution in [0.1, 0.15) is 49.4 Å². The Morgan fingerprint density at radius 2 is 1.80 bits per heavy atom. The minimum atomic E-state index is 0.143. The van der Waals surface area contributed by atoms with E-state index in [1.54, 1.807) is 0 Å². The van der Waals surface area contributed by atoms with Crippen LogP contribution in [0.2, 0.25) is 0 Å². The van der Waals surface area contributed by atoms with Gasteiger partial charge in [-0.15, -0.1) is 0 Å². The van der Waals surface area contributed by atoms with E-state index in [-0.39, 0.29) is 6.04 Å². The van der Waals surface area contributed by atoms with Crippen molar-refractivity contribution in [1.29, 1.82) is 0 Å². The van der Waals surface area contributed by atoms with Gasteiger partial charge >= 0.3 is 0 Å². The first kappa shape index (κ1) is 15.5. The molecule has 1 fully saturated rings. The Balaban J connectivity index is 1.89. The fraction of sp³-hybridized carbons (Fsp3) is 0.667. The van der Waals surface area contributed by atoms with Crippen molar-refractivity contribution in [2.24, 2.45) is 17.6 Å². The zero-order valence-electron chi connectivity index (χ0n) is 13.5. The molecule has 2 rings (SSSR count). The van der Waals surface area contributed by atoms with Crippen LogP contribution in [-0.2, 0) is 0 Å². The van der Waals surface area contributed by atoms with Gasteiger partial charge in [0.05, 0.1) is 0 Å². The molecule has 2 nitrogen and oxygen atoms in total. The van der Waals surface area contributed by atoms with Crippen LogP contribution in [0.3, 0.4) is 0 Å². The molecule has 0 bridgehead atoms. The number of nitrogens with two attached hydrogens (primary N) is 1. The number of aryl methyl sites for hydroxylation is 2. The Bertz CT molecular complexity index is 431. The first-order valence-electron chi connectivity index (χ1n) is 8.02. The fourth-order valence-electron chi connectivity index (χ4n) is 3.18. The van der Waals surface area contributed by atoms with E-state index in [2.05, 4.69) is 50.8 Å². The van der Waals surface area contributed by atoms with Crippen molar-refractivity contribution in [1.82, 2.24) is 4.90 Å². The molecule has 0 aromatic heterocycles. The normalized spacial score (nSPS) is 19.5. The van der Waals surface area contributed by atoms with Gasteiger partial charge < -0.3 is 10.6 Å². The molecule has 2 N–H and O–H groups in total. The molecule has 0 amide bonds. The van der Waals surface area contributed by atoms with E-state index >= 15 is 0 Å². The fourth-order valence-corrected chi connectivity index (χ4v) is 3.18. The summed E-state index contributed by atoms with van der Waals surface area (Å²) >= 11 is 0. The number of nitrogens with zero attached hydrogens (tertiary/aromatic N) is 1. The van der Waals surface area contributed by atoms with Crippen LogP contribution in [0.25, 0.3) is 0 Å². The number of hydrogen-bond donors (Lipinski definition) is 1. The molecule has 1 saturated heterocycles. The monoisotopic (exact) mass is 274 g/mol. The van der Waals surface area contributed by atoms with E-state index < -0.39 is 0 Å². The zero-order chi connectivity index (χ0) is 14.7. The minimum absolute atomic E-state index is 0.143. The minimum Gasteiger partial charge on any atom is -0.323 e. The quantitative estimate of drug-likeness (QED) is 0.907. The maximum absolute atomic E-state index is 6.40. The van der Waals surface area contributed by atoms with Gasteiger partial charge in [-0.05, 0) is 68.3 Å². The van der Waals surface area contributed by atoms with Gasteiger partial charge in [-0.25, -0.2) is 0 Å². The van der Waals surface area contributed by atoms with E-state index in [1.807, 2.05) is 0 Å². The molecular formula is C18H30N2. The van der Waals surface area contributed by atoms with Crippen LogP contribution in [0, 0.1) is 25.7 Å². The van der Waals surface area contributed by atoms with Crippen molar-refractivity contribution in [2.45, 2.75) is 46.6 Å². The van der Waals surface area contributed by atoms with Crippen molar-refractivity contribution in [3.05, 3.63) is 34.9 Å². The summed E-state index contributed by atoms with van der Waals surface area (Å²) in [6.45, 7) is 12.4. The molecule has 0 saturated carbocycles. The third-order valence-corrected chi connectivity index (χ3v) is 4.99. The van der Waals surface area contributed by atoms with Gasteiger partial charge in [-0.2, -0.15) is 0 Å². The van der Waals surface area contributed by atoms with Crippen LogP contribution < -0.4 is 5.73 Å². The molecule has 1 heterocycles. The van der Waals surface area contributed by atoms with Crippen LogP contribution in [-0.4, -0.2) is 24.5 Å². The summed E-state index contributed by atoms with van der Waals surface area (Å²) in [5.41, 5.74) is 10.4. The van der Waals surface area contributed by atoms with E-state index in [0.717, 1.165) is 18.4 Å².